The first-order valence-electron chi connectivity index (χ1n) is 7.86. The van der Waals surface area contributed by atoms with E-state index in [1.54, 1.807) is 11.3 Å². The van der Waals surface area contributed by atoms with E-state index in [-0.39, 0.29) is 24.0 Å². The van der Waals surface area contributed by atoms with Crippen LogP contribution in [0.5, 0.6) is 11.5 Å². The highest BCUT2D eigenvalue weighted by atomic mass is 127. The molecule has 0 radical (unpaired) electrons. The van der Waals surface area contributed by atoms with Gasteiger partial charge in [-0.2, -0.15) is 0 Å². The van der Waals surface area contributed by atoms with E-state index in [4.69, 9.17) is 26.8 Å². The fourth-order valence-corrected chi connectivity index (χ4v) is 3.37. The molecule has 1 aliphatic rings. The van der Waals surface area contributed by atoms with Crippen LogP contribution in [0.15, 0.2) is 34.6 Å². The average molecular weight is 494 g/mol. The van der Waals surface area contributed by atoms with Gasteiger partial charge in [-0.3, -0.25) is 0 Å². The van der Waals surface area contributed by atoms with Crippen molar-refractivity contribution in [3.8, 4) is 11.5 Å². The maximum Gasteiger partial charge on any atom is 0.188 e. The van der Waals surface area contributed by atoms with Crippen molar-refractivity contribution in [1.29, 1.82) is 0 Å². The zero-order chi connectivity index (χ0) is 16.8. The van der Waals surface area contributed by atoms with Gasteiger partial charge >= 0.3 is 0 Å². The van der Waals surface area contributed by atoms with Crippen LogP contribution in [0.3, 0.4) is 0 Å². The summed E-state index contributed by atoms with van der Waals surface area (Å²) in [5.41, 5.74) is 6.85. The van der Waals surface area contributed by atoms with E-state index in [2.05, 4.69) is 21.8 Å². The lowest BCUT2D eigenvalue weighted by atomic mass is 10.2. The fraction of sp³-hybridized carbons (Fsp3) is 0.353. The lowest BCUT2D eigenvalue weighted by Gasteiger charge is -2.11. The highest BCUT2D eigenvalue weighted by molar-refractivity contribution is 14.0. The first-order valence-corrected chi connectivity index (χ1v) is 9.12. The van der Waals surface area contributed by atoms with Gasteiger partial charge in [0.25, 0.3) is 0 Å². The van der Waals surface area contributed by atoms with Crippen LogP contribution in [-0.2, 0) is 13.0 Å². The normalized spacial score (nSPS) is 13.7. The Morgan fingerprint density at radius 2 is 2.16 bits per heavy atom. The van der Waals surface area contributed by atoms with Gasteiger partial charge in [0.15, 0.2) is 17.5 Å². The first-order chi connectivity index (χ1) is 11.7. The molecule has 0 fully saturated rings. The van der Waals surface area contributed by atoms with Crippen LogP contribution in [0.1, 0.15) is 16.9 Å². The van der Waals surface area contributed by atoms with Crippen LogP contribution in [0.2, 0.25) is 5.02 Å². The van der Waals surface area contributed by atoms with Crippen LogP contribution < -0.4 is 20.5 Å². The van der Waals surface area contributed by atoms with Gasteiger partial charge in [-0.05, 0) is 35.6 Å². The van der Waals surface area contributed by atoms with Gasteiger partial charge < -0.3 is 20.5 Å². The zero-order valence-corrected chi connectivity index (χ0v) is 17.6. The highest BCUT2D eigenvalue weighted by Crippen LogP contribution is 2.38. The molecule has 2 aromatic rings. The van der Waals surface area contributed by atoms with E-state index in [1.807, 2.05) is 18.2 Å². The second-order valence-electron chi connectivity index (χ2n) is 5.41. The Hall–Kier alpha value is -1.19. The molecule has 1 aromatic carbocycles. The molecule has 0 saturated carbocycles. The number of benzene rings is 1. The van der Waals surface area contributed by atoms with Crippen molar-refractivity contribution in [2.45, 2.75) is 19.4 Å². The summed E-state index contributed by atoms with van der Waals surface area (Å²) in [6, 6.07) is 7.91. The van der Waals surface area contributed by atoms with Crippen molar-refractivity contribution in [1.82, 2.24) is 5.32 Å². The van der Waals surface area contributed by atoms with Crippen molar-refractivity contribution >= 4 is 52.9 Å². The molecule has 25 heavy (non-hydrogen) atoms. The van der Waals surface area contributed by atoms with Gasteiger partial charge in [0.2, 0.25) is 0 Å². The van der Waals surface area contributed by atoms with E-state index in [1.165, 1.54) is 4.88 Å². The van der Waals surface area contributed by atoms with Crippen LogP contribution in [0.25, 0.3) is 0 Å². The third-order valence-electron chi connectivity index (χ3n) is 3.55. The molecule has 5 nitrogen and oxygen atoms in total. The number of ether oxygens (including phenoxy) is 2. The monoisotopic (exact) mass is 493 g/mol. The number of rotatable bonds is 5. The largest absolute Gasteiger partial charge is 0.489 e. The summed E-state index contributed by atoms with van der Waals surface area (Å²) in [5, 5.41) is 5.74. The van der Waals surface area contributed by atoms with Gasteiger partial charge in [0, 0.05) is 17.8 Å². The quantitative estimate of drug-likeness (QED) is 0.377. The molecular weight excluding hydrogens is 473 g/mol. The molecule has 0 atom stereocenters. The van der Waals surface area contributed by atoms with Gasteiger partial charge in [0.1, 0.15) is 0 Å². The predicted octanol–water partition coefficient (Wildman–Crippen LogP) is 3.83. The standard InChI is InChI=1S/C17H20ClN3O2S.HI/c18-14-9-12(10-15-16(14)23-7-2-6-22-15)11-21-17(19)20-5-4-13-3-1-8-24-13;/h1,3,8-10H,2,4-7,11H2,(H3,19,20,21);1H. The van der Waals surface area contributed by atoms with E-state index in [0.717, 1.165) is 24.9 Å². The number of nitrogens with zero attached hydrogens (tertiary/aromatic N) is 1. The van der Waals surface area contributed by atoms with Gasteiger partial charge in [-0.15, -0.1) is 35.3 Å². The molecule has 1 aromatic heterocycles. The minimum Gasteiger partial charge on any atom is -0.489 e. The van der Waals surface area contributed by atoms with Crippen LogP contribution in [-0.4, -0.2) is 25.7 Å². The molecule has 0 bridgehead atoms. The Morgan fingerprint density at radius 1 is 1.32 bits per heavy atom. The number of guanidine groups is 1. The molecule has 0 spiro atoms. The number of nitrogens with two attached hydrogens (primary N) is 1. The van der Waals surface area contributed by atoms with Gasteiger partial charge in [-0.1, -0.05) is 17.7 Å². The van der Waals surface area contributed by atoms with Crippen LogP contribution in [0, 0.1) is 0 Å². The Kier molecular flexibility index (Phi) is 8.11. The molecule has 2 heterocycles. The molecule has 8 heteroatoms. The van der Waals surface area contributed by atoms with Crippen molar-refractivity contribution in [2.75, 3.05) is 19.8 Å². The highest BCUT2D eigenvalue weighted by Gasteiger charge is 2.15. The summed E-state index contributed by atoms with van der Waals surface area (Å²) >= 11 is 8.02. The summed E-state index contributed by atoms with van der Waals surface area (Å²) < 4.78 is 11.3. The summed E-state index contributed by atoms with van der Waals surface area (Å²) in [5.74, 6) is 1.72. The van der Waals surface area contributed by atoms with E-state index < -0.39 is 0 Å². The second kappa shape index (κ2) is 10.1. The SMILES string of the molecule is I.NC(=NCc1cc(Cl)c2c(c1)OCCCO2)NCCc1cccs1. The second-order valence-corrected chi connectivity index (χ2v) is 6.85. The minimum absolute atomic E-state index is 0. The number of aliphatic imine (C=N–C) groups is 1. The third kappa shape index (κ3) is 5.93. The van der Waals surface area contributed by atoms with E-state index in [0.29, 0.717) is 42.2 Å². The summed E-state index contributed by atoms with van der Waals surface area (Å²) in [6.07, 6.45) is 1.78. The Labute approximate surface area is 173 Å². The molecule has 0 amide bonds. The maximum absolute atomic E-state index is 6.28. The maximum atomic E-state index is 6.28. The van der Waals surface area contributed by atoms with Crippen molar-refractivity contribution < 1.29 is 9.47 Å². The number of nitrogens with one attached hydrogen (secondary N) is 1. The van der Waals surface area contributed by atoms with Crippen molar-refractivity contribution in [3.63, 3.8) is 0 Å². The molecular formula is C17H21ClIN3O2S. The molecule has 0 unspecified atom stereocenters. The van der Waals surface area contributed by atoms with E-state index in [9.17, 15) is 0 Å². The molecule has 136 valence electrons. The van der Waals surface area contributed by atoms with E-state index >= 15 is 0 Å². The lowest BCUT2D eigenvalue weighted by molar-refractivity contribution is 0.297. The molecule has 1 aliphatic heterocycles. The number of thiophene rings is 1. The van der Waals surface area contributed by atoms with Crippen molar-refractivity contribution in [3.05, 3.63) is 45.1 Å². The lowest BCUT2D eigenvalue weighted by Crippen LogP contribution is -2.33. The summed E-state index contributed by atoms with van der Waals surface area (Å²) in [4.78, 5) is 5.68. The zero-order valence-electron chi connectivity index (χ0n) is 13.7. The van der Waals surface area contributed by atoms with Gasteiger partial charge in [0.05, 0.1) is 24.8 Å². The Balaban J connectivity index is 0.00000225. The fourth-order valence-electron chi connectivity index (χ4n) is 2.38. The minimum atomic E-state index is 0. The molecule has 3 N–H and O–H groups in total. The number of hydrogen-bond donors (Lipinski definition) is 2. The number of halogens is 2. The van der Waals surface area contributed by atoms with Crippen molar-refractivity contribution in [2.24, 2.45) is 10.7 Å². The summed E-state index contributed by atoms with van der Waals surface area (Å²) in [7, 11) is 0. The Morgan fingerprint density at radius 3 is 2.96 bits per heavy atom. The topological polar surface area (TPSA) is 68.9 Å². The number of fused-ring (bicyclic) bond motifs is 1. The average Bonchev–Trinajstić information content (AvgIpc) is 2.96. The van der Waals surface area contributed by atoms with Crippen LogP contribution in [0.4, 0.5) is 0 Å². The molecule has 3 rings (SSSR count). The smallest absolute Gasteiger partial charge is 0.188 e. The van der Waals surface area contributed by atoms with Gasteiger partial charge in [-0.25, -0.2) is 4.99 Å². The molecule has 0 saturated heterocycles. The predicted molar refractivity (Wildman–Crippen MR) is 114 cm³/mol. The number of hydrogen-bond acceptors (Lipinski definition) is 4. The molecule has 0 aliphatic carbocycles. The van der Waals surface area contributed by atoms with Crippen LogP contribution >= 0.6 is 46.9 Å². The third-order valence-corrected chi connectivity index (χ3v) is 4.77. The Bertz CT molecular complexity index is 710. The summed E-state index contributed by atoms with van der Waals surface area (Å²) in [6.45, 7) is 2.44. The first kappa shape index (κ1) is 20.1.